The second-order valence-corrected chi connectivity index (χ2v) is 5.67. The fraction of sp³-hybridized carbons (Fsp3) is 1.00. The second kappa shape index (κ2) is 4.63. The molecule has 1 aliphatic carbocycles. The Labute approximate surface area is 88.8 Å². The molecule has 0 aliphatic heterocycles. The van der Waals surface area contributed by atoms with Crippen LogP contribution in [0.25, 0.3) is 0 Å². The van der Waals surface area contributed by atoms with Gasteiger partial charge in [-0.2, -0.15) is 0 Å². The summed E-state index contributed by atoms with van der Waals surface area (Å²) in [5.74, 6) is 0. The van der Waals surface area contributed by atoms with Crippen molar-refractivity contribution in [3.8, 4) is 0 Å². The Bertz CT molecular complexity index is 175. The summed E-state index contributed by atoms with van der Waals surface area (Å²) in [6.07, 6.45) is 5.49. The van der Waals surface area contributed by atoms with Gasteiger partial charge in [0.25, 0.3) is 0 Å². The van der Waals surface area contributed by atoms with Crippen LogP contribution < -0.4 is 5.73 Å². The predicted molar refractivity (Wildman–Crippen MR) is 62.3 cm³/mol. The first-order chi connectivity index (χ1) is 6.43. The third-order valence-corrected chi connectivity index (χ3v) is 3.56. The number of hydrogen-bond donors (Lipinski definition) is 1. The van der Waals surface area contributed by atoms with E-state index in [1.54, 1.807) is 0 Å². The largest absolute Gasteiger partial charge is 0.327 e. The van der Waals surface area contributed by atoms with E-state index >= 15 is 0 Å². The van der Waals surface area contributed by atoms with Gasteiger partial charge in [-0.05, 0) is 32.2 Å². The third kappa shape index (κ3) is 2.96. The van der Waals surface area contributed by atoms with Crippen LogP contribution in [0, 0.1) is 5.41 Å². The molecule has 2 atom stereocenters. The molecule has 0 radical (unpaired) electrons. The maximum absolute atomic E-state index is 5.85. The zero-order valence-electron chi connectivity index (χ0n) is 10.2. The minimum atomic E-state index is 0.290. The maximum Gasteiger partial charge on any atom is 0.0144 e. The molecule has 1 aliphatic rings. The summed E-state index contributed by atoms with van der Waals surface area (Å²) in [7, 11) is 2.22. The van der Waals surface area contributed by atoms with Crippen molar-refractivity contribution in [3.63, 3.8) is 0 Å². The molecule has 2 unspecified atom stereocenters. The van der Waals surface area contributed by atoms with Crippen molar-refractivity contribution in [2.45, 2.75) is 58.5 Å². The average molecular weight is 198 g/mol. The quantitative estimate of drug-likeness (QED) is 0.753. The van der Waals surface area contributed by atoms with Crippen molar-refractivity contribution < 1.29 is 0 Å². The lowest BCUT2D eigenvalue weighted by Crippen LogP contribution is -2.48. The monoisotopic (exact) mass is 198 g/mol. The smallest absolute Gasteiger partial charge is 0.0144 e. The standard InChI is InChI=1S/C12H26N2/c1-10(13)9-14(4)11-7-5-6-8-12(11,2)3/h10-11H,5-9,13H2,1-4H3. The van der Waals surface area contributed by atoms with Crippen LogP contribution in [0.1, 0.15) is 46.5 Å². The van der Waals surface area contributed by atoms with Crippen molar-refractivity contribution >= 4 is 0 Å². The summed E-state index contributed by atoms with van der Waals surface area (Å²) in [5.41, 5.74) is 6.32. The summed E-state index contributed by atoms with van der Waals surface area (Å²) in [4.78, 5) is 2.46. The van der Waals surface area contributed by atoms with E-state index in [9.17, 15) is 0 Å². The lowest BCUT2D eigenvalue weighted by atomic mass is 9.72. The second-order valence-electron chi connectivity index (χ2n) is 5.67. The summed E-state index contributed by atoms with van der Waals surface area (Å²) < 4.78 is 0. The molecule has 0 spiro atoms. The molecular weight excluding hydrogens is 172 g/mol. The molecule has 0 aromatic rings. The molecule has 0 aromatic carbocycles. The molecule has 2 heteroatoms. The van der Waals surface area contributed by atoms with Crippen LogP contribution in [0.2, 0.25) is 0 Å². The van der Waals surface area contributed by atoms with Crippen molar-refractivity contribution in [1.29, 1.82) is 0 Å². The SMILES string of the molecule is CC(N)CN(C)C1CCCCC1(C)C. The van der Waals surface area contributed by atoms with Gasteiger partial charge in [-0.25, -0.2) is 0 Å². The minimum absolute atomic E-state index is 0.290. The highest BCUT2D eigenvalue weighted by Gasteiger charge is 2.34. The van der Waals surface area contributed by atoms with E-state index in [-0.39, 0.29) is 6.04 Å². The van der Waals surface area contributed by atoms with Crippen LogP contribution in [0.5, 0.6) is 0 Å². The first-order valence-electron chi connectivity index (χ1n) is 5.89. The highest BCUT2D eigenvalue weighted by Crippen LogP contribution is 2.38. The van der Waals surface area contributed by atoms with Crippen molar-refractivity contribution in [2.24, 2.45) is 11.1 Å². The van der Waals surface area contributed by atoms with Gasteiger partial charge in [0.2, 0.25) is 0 Å². The Morgan fingerprint density at radius 3 is 2.57 bits per heavy atom. The van der Waals surface area contributed by atoms with Crippen molar-refractivity contribution in [2.75, 3.05) is 13.6 Å². The number of nitrogens with zero attached hydrogens (tertiary/aromatic N) is 1. The van der Waals surface area contributed by atoms with Crippen LogP contribution in [0.15, 0.2) is 0 Å². The number of hydrogen-bond acceptors (Lipinski definition) is 2. The Morgan fingerprint density at radius 2 is 2.07 bits per heavy atom. The van der Waals surface area contributed by atoms with Gasteiger partial charge < -0.3 is 10.6 Å². The maximum atomic E-state index is 5.85. The van der Waals surface area contributed by atoms with E-state index in [2.05, 4.69) is 32.7 Å². The van der Waals surface area contributed by atoms with Crippen LogP contribution >= 0.6 is 0 Å². The Balaban J connectivity index is 2.55. The van der Waals surface area contributed by atoms with Gasteiger partial charge in [-0.3, -0.25) is 0 Å². The zero-order chi connectivity index (χ0) is 10.8. The van der Waals surface area contributed by atoms with Gasteiger partial charge >= 0.3 is 0 Å². The normalized spacial score (nSPS) is 29.1. The molecule has 0 bridgehead atoms. The number of nitrogens with two attached hydrogens (primary N) is 1. The molecular formula is C12H26N2. The fourth-order valence-electron chi connectivity index (χ4n) is 2.87. The molecule has 14 heavy (non-hydrogen) atoms. The van der Waals surface area contributed by atoms with Gasteiger partial charge in [0.1, 0.15) is 0 Å². The van der Waals surface area contributed by atoms with Gasteiger partial charge in [-0.1, -0.05) is 26.7 Å². The molecule has 0 amide bonds. The molecule has 0 aromatic heterocycles. The third-order valence-electron chi connectivity index (χ3n) is 3.56. The lowest BCUT2D eigenvalue weighted by molar-refractivity contribution is 0.0651. The van der Waals surface area contributed by atoms with Crippen molar-refractivity contribution in [3.05, 3.63) is 0 Å². The summed E-state index contributed by atoms with van der Waals surface area (Å²) in [5, 5.41) is 0. The van der Waals surface area contributed by atoms with Gasteiger partial charge in [-0.15, -0.1) is 0 Å². The summed E-state index contributed by atoms with van der Waals surface area (Å²) in [6, 6.07) is 1.01. The van der Waals surface area contributed by atoms with E-state index in [1.807, 2.05) is 0 Å². The fourth-order valence-corrected chi connectivity index (χ4v) is 2.87. The first-order valence-corrected chi connectivity index (χ1v) is 5.89. The number of rotatable bonds is 3. The van der Waals surface area contributed by atoms with Crippen LogP contribution in [0.3, 0.4) is 0 Å². The molecule has 2 nitrogen and oxygen atoms in total. The van der Waals surface area contributed by atoms with Crippen LogP contribution in [0.4, 0.5) is 0 Å². The van der Waals surface area contributed by atoms with Crippen LogP contribution in [-0.4, -0.2) is 30.6 Å². The molecule has 1 fully saturated rings. The Hall–Kier alpha value is -0.0800. The van der Waals surface area contributed by atoms with Gasteiger partial charge in [0, 0.05) is 18.6 Å². The lowest BCUT2D eigenvalue weighted by Gasteiger charge is -2.44. The highest BCUT2D eigenvalue weighted by atomic mass is 15.1. The summed E-state index contributed by atoms with van der Waals surface area (Å²) >= 11 is 0. The minimum Gasteiger partial charge on any atom is -0.327 e. The summed E-state index contributed by atoms with van der Waals surface area (Å²) in [6.45, 7) is 7.91. The molecule has 0 heterocycles. The Morgan fingerprint density at radius 1 is 1.43 bits per heavy atom. The van der Waals surface area contributed by atoms with E-state index in [4.69, 9.17) is 5.73 Å². The van der Waals surface area contributed by atoms with E-state index in [1.165, 1.54) is 25.7 Å². The molecule has 2 N–H and O–H groups in total. The topological polar surface area (TPSA) is 29.3 Å². The molecule has 84 valence electrons. The molecule has 1 saturated carbocycles. The molecule has 0 saturated heterocycles. The highest BCUT2D eigenvalue weighted by molar-refractivity contribution is 4.89. The molecule has 1 rings (SSSR count). The van der Waals surface area contributed by atoms with Gasteiger partial charge in [0.15, 0.2) is 0 Å². The predicted octanol–water partition coefficient (Wildman–Crippen LogP) is 2.23. The van der Waals surface area contributed by atoms with E-state index in [0.29, 0.717) is 5.41 Å². The average Bonchev–Trinajstić information content (AvgIpc) is 2.01. The van der Waals surface area contributed by atoms with Crippen molar-refractivity contribution in [1.82, 2.24) is 4.90 Å². The Kier molecular flexibility index (Phi) is 3.96. The van der Waals surface area contributed by atoms with E-state index < -0.39 is 0 Å². The zero-order valence-corrected chi connectivity index (χ0v) is 10.2. The first kappa shape index (κ1) is 12.0. The number of likely N-dealkylation sites (N-methyl/N-ethyl adjacent to an activating group) is 1. The van der Waals surface area contributed by atoms with E-state index in [0.717, 1.165) is 12.6 Å². The van der Waals surface area contributed by atoms with Crippen LogP contribution in [-0.2, 0) is 0 Å². The van der Waals surface area contributed by atoms with Gasteiger partial charge in [0.05, 0.1) is 0 Å².